The highest BCUT2D eigenvalue weighted by molar-refractivity contribution is 6.63. The molecule has 0 aliphatic carbocycles. The van der Waals surface area contributed by atoms with Crippen molar-refractivity contribution < 1.29 is 5.48 Å². The minimum atomic E-state index is -0.750. The highest BCUT2D eigenvalue weighted by Gasteiger charge is 1.78. The maximum absolute atomic E-state index is 4.81. The van der Waals surface area contributed by atoms with Gasteiger partial charge in [-0.25, -0.2) is 0 Å². The van der Waals surface area contributed by atoms with Crippen LogP contribution in [0.15, 0.2) is 36.4 Å². The summed E-state index contributed by atoms with van der Waals surface area (Å²) < 4.78 is -0.750. The Morgan fingerprint density at radius 3 is 0.818 bits per heavy atom. The topological polar surface area (TPSA) is 31.5 Å². The first-order chi connectivity index (χ1) is 4.73. The molecule has 1 aromatic rings. The van der Waals surface area contributed by atoms with Crippen molar-refractivity contribution in [1.82, 2.24) is 0 Å². The molecule has 0 saturated heterocycles. The van der Waals surface area contributed by atoms with Gasteiger partial charge in [-0.05, 0) is 0 Å². The Hall–Kier alpha value is 0.0500. The van der Waals surface area contributed by atoms with Crippen LogP contribution in [0.2, 0.25) is 0 Å². The molecule has 1 nitrogen and oxygen atoms in total. The fourth-order valence-electron chi connectivity index (χ4n) is 0.385. The van der Waals surface area contributed by atoms with E-state index in [1.54, 1.807) is 0 Å². The molecule has 0 aliphatic rings. The zero-order valence-corrected chi connectivity index (χ0v) is 7.94. The third kappa shape index (κ3) is 17.8. The van der Waals surface area contributed by atoms with Crippen molar-refractivity contribution in [3.8, 4) is 0 Å². The van der Waals surface area contributed by atoms with Crippen LogP contribution >= 0.6 is 34.8 Å². The van der Waals surface area contributed by atoms with Gasteiger partial charge in [0.05, 0.1) is 0 Å². The van der Waals surface area contributed by atoms with Gasteiger partial charge in [-0.2, -0.15) is 0 Å². The number of halogens is 3. The Kier molecular flexibility index (Phi) is 12.5. The second-order valence-corrected chi connectivity index (χ2v) is 3.38. The van der Waals surface area contributed by atoms with Gasteiger partial charge in [0.1, 0.15) is 0 Å². The normalized spacial score (nSPS) is 7.64. The van der Waals surface area contributed by atoms with Crippen molar-refractivity contribution in [1.29, 1.82) is 0 Å². The molecule has 0 atom stereocenters. The van der Waals surface area contributed by atoms with Crippen LogP contribution in [-0.4, -0.2) is 9.77 Å². The van der Waals surface area contributed by atoms with Crippen LogP contribution in [0.5, 0.6) is 0 Å². The largest absolute Gasteiger partial charge is 0.412 e. The van der Waals surface area contributed by atoms with Crippen LogP contribution in [0.3, 0.4) is 0 Å². The van der Waals surface area contributed by atoms with Crippen molar-refractivity contribution in [2.24, 2.45) is 0 Å². The standard InChI is InChI=1S/C6H6.CHCl3.H2O/c1-2-4-6-5-3-1;2-1(3)4;/h1-6H;1H;1H2. The van der Waals surface area contributed by atoms with Crippen molar-refractivity contribution >= 4 is 34.8 Å². The summed E-state index contributed by atoms with van der Waals surface area (Å²) in [6, 6.07) is 12.0. The van der Waals surface area contributed by atoms with Gasteiger partial charge < -0.3 is 5.48 Å². The maximum atomic E-state index is 4.81. The van der Waals surface area contributed by atoms with Crippen LogP contribution in [0, 0.1) is 0 Å². The molecule has 0 bridgehead atoms. The predicted octanol–water partition coefficient (Wildman–Crippen LogP) is 2.85. The minimum absolute atomic E-state index is 0. The summed E-state index contributed by atoms with van der Waals surface area (Å²) in [5.74, 6) is 0. The average molecular weight is 216 g/mol. The van der Waals surface area contributed by atoms with E-state index in [1.165, 1.54) is 0 Å². The van der Waals surface area contributed by atoms with Gasteiger partial charge in [0.25, 0.3) is 0 Å². The molecular formula is C7H9Cl3O. The van der Waals surface area contributed by atoms with Crippen molar-refractivity contribution in [3.63, 3.8) is 0 Å². The minimum Gasteiger partial charge on any atom is -0.412 e. The quantitative estimate of drug-likeness (QED) is 0.596. The van der Waals surface area contributed by atoms with E-state index < -0.39 is 4.30 Å². The molecular weight excluding hydrogens is 206 g/mol. The van der Waals surface area contributed by atoms with Gasteiger partial charge in [0.2, 0.25) is 0 Å². The third-order valence-corrected chi connectivity index (χ3v) is 0.667. The second-order valence-electron chi connectivity index (χ2n) is 1.40. The summed E-state index contributed by atoms with van der Waals surface area (Å²) in [4.78, 5) is 0. The molecule has 64 valence electrons. The Labute approximate surface area is 81.2 Å². The molecule has 0 spiro atoms. The lowest BCUT2D eigenvalue weighted by atomic mass is 10.4. The highest BCUT2D eigenvalue weighted by Crippen LogP contribution is 2.03. The molecule has 0 aromatic heterocycles. The zero-order chi connectivity index (χ0) is 7.82. The molecule has 0 radical (unpaired) electrons. The molecule has 0 aliphatic heterocycles. The second kappa shape index (κ2) is 10.0. The van der Waals surface area contributed by atoms with Crippen LogP contribution in [0.4, 0.5) is 0 Å². The molecule has 1 aromatic carbocycles. The smallest absolute Gasteiger partial charge is 0.180 e. The van der Waals surface area contributed by atoms with E-state index in [9.17, 15) is 0 Å². The van der Waals surface area contributed by atoms with Crippen molar-refractivity contribution in [3.05, 3.63) is 36.4 Å². The van der Waals surface area contributed by atoms with Gasteiger partial charge in [-0.1, -0.05) is 71.2 Å². The number of benzene rings is 1. The lowest BCUT2D eigenvalue weighted by Crippen LogP contribution is -1.55. The first-order valence-electron chi connectivity index (χ1n) is 2.65. The Morgan fingerprint density at radius 1 is 0.636 bits per heavy atom. The summed E-state index contributed by atoms with van der Waals surface area (Å²) in [5, 5.41) is 0. The number of alkyl halides is 3. The van der Waals surface area contributed by atoms with Crippen molar-refractivity contribution in [2.45, 2.75) is 4.30 Å². The van der Waals surface area contributed by atoms with E-state index >= 15 is 0 Å². The highest BCUT2D eigenvalue weighted by atomic mass is 35.6. The lowest BCUT2D eigenvalue weighted by molar-refractivity contribution is 0.824. The van der Waals surface area contributed by atoms with Gasteiger partial charge in [-0.3, -0.25) is 0 Å². The van der Waals surface area contributed by atoms with Gasteiger partial charge in [0, 0.05) is 0 Å². The molecule has 0 saturated carbocycles. The molecule has 0 fully saturated rings. The van der Waals surface area contributed by atoms with Crippen LogP contribution < -0.4 is 0 Å². The summed E-state index contributed by atoms with van der Waals surface area (Å²) in [5.41, 5.74) is 0. The van der Waals surface area contributed by atoms with Crippen LogP contribution in [0.25, 0.3) is 0 Å². The molecule has 1 rings (SSSR count). The van der Waals surface area contributed by atoms with E-state index in [4.69, 9.17) is 34.8 Å². The first kappa shape index (κ1) is 13.6. The average Bonchev–Trinajstić information content (AvgIpc) is 1.90. The number of hydrogen-bond acceptors (Lipinski definition) is 0. The van der Waals surface area contributed by atoms with Gasteiger partial charge >= 0.3 is 0 Å². The fraction of sp³-hybridized carbons (Fsp3) is 0.143. The Morgan fingerprint density at radius 2 is 0.727 bits per heavy atom. The van der Waals surface area contributed by atoms with E-state index in [1.807, 2.05) is 36.4 Å². The Balaban J connectivity index is 0. The SMILES string of the molecule is ClC(Cl)Cl.O.c1ccccc1. The Bertz CT molecular complexity index is 114. The molecule has 0 heterocycles. The monoisotopic (exact) mass is 214 g/mol. The molecule has 0 unspecified atom stereocenters. The zero-order valence-electron chi connectivity index (χ0n) is 5.68. The fourth-order valence-corrected chi connectivity index (χ4v) is 0.385. The van der Waals surface area contributed by atoms with Gasteiger partial charge in [-0.15, -0.1) is 0 Å². The van der Waals surface area contributed by atoms with E-state index in [-0.39, 0.29) is 5.48 Å². The lowest BCUT2D eigenvalue weighted by Gasteiger charge is -1.69. The van der Waals surface area contributed by atoms with E-state index in [2.05, 4.69) is 0 Å². The first-order valence-corrected chi connectivity index (χ1v) is 3.96. The van der Waals surface area contributed by atoms with Crippen molar-refractivity contribution in [2.75, 3.05) is 0 Å². The van der Waals surface area contributed by atoms with Crippen LogP contribution in [0.1, 0.15) is 0 Å². The number of rotatable bonds is 0. The summed E-state index contributed by atoms with van der Waals surface area (Å²) in [6.45, 7) is 0. The van der Waals surface area contributed by atoms with Gasteiger partial charge in [0.15, 0.2) is 4.30 Å². The maximum Gasteiger partial charge on any atom is 0.180 e. The summed E-state index contributed by atoms with van der Waals surface area (Å²) in [7, 11) is 0. The molecule has 2 N–H and O–H groups in total. The summed E-state index contributed by atoms with van der Waals surface area (Å²) in [6.07, 6.45) is 0. The summed E-state index contributed by atoms with van der Waals surface area (Å²) >= 11 is 14.4. The van der Waals surface area contributed by atoms with E-state index in [0.717, 1.165) is 0 Å². The molecule has 0 amide bonds. The number of hydrogen-bond donors (Lipinski definition) is 0. The van der Waals surface area contributed by atoms with Crippen LogP contribution in [-0.2, 0) is 0 Å². The third-order valence-electron chi connectivity index (χ3n) is 0.667. The molecule has 11 heavy (non-hydrogen) atoms. The van der Waals surface area contributed by atoms with E-state index in [0.29, 0.717) is 0 Å². The predicted molar refractivity (Wildman–Crippen MR) is 51.4 cm³/mol. The molecule has 4 heteroatoms.